The molecule has 0 bridgehead atoms. The molecule has 0 unspecified atom stereocenters. The molecule has 0 aliphatic rings. The minimum atomic E-state index is 0.582. The van der Waals surface area contributed by atoms with Crippen molar-refractivity contribution in [3.05, 3.63) is 29.3 Å². The summed E-state index contributed by atoms with van der Waals surface area (Å²) < 4.78 is 1.87. The monoisotopic (exact) mass is 301 g/mol. The number of rotatable bonds is 5. The van der Waals surface area contributed by atoms with E-state index in [9.17, 15) is 0 Å². The van der Waals surface area contributed by atoms with E-state index in [-0.39, 0.29) is 0 Å². The summed E-state index contributed by atoms with van der Waals surface area (Å²) in [7, 11) is 3.97. The van der Waals surface area contributed by atoms with Gasteiger partial charge in [-0.1, -0.05) is 13.8 Å². The van der Waals surface area contributed by atoms with Gasteiger partial charge in [0.05, 0.1) is 11.4 Å². The van der Waals surface area contributed by atoms with Gasteiger partial charge >= 0.3 is 0 Å². The molecule has 1 heterocycles. The minimum absolute atomic E-state index is 0.582. The molecule has 22 heavy (non-hydrogen) atoms. The molecule has 3 N–H and O–H groups in total. The Labute approximate surface area is 133 Å². The third kappa shape index (κ3) is 3.35. The molecule has 1 aromatic heterocycles. The third-order valence-corrected chi connectivity index (χ3v) is 3.89. The molecule has 0 atom stereocenters. The number of aryl methyl sites for hydroxylation is 3. The van der Waals surface area contributed by atoms with Gasteiger partial charge in [0.1, 0.15) is 11.6 Å². The van der Waals surface area contributed by atoms with Gasteiger partial charge in [-0.05, 0) is 43.0 Å². The maximum atomic E-state index is 6.20. The second-order valence-electron chi connectivity index (χ2n) is 6.34. The highest BCUT2D eigenvalue weighted by Gasteiger charge is 2.14. The van der Waals surface area contributed by atoms with Gasteiger partial charge < -0.3 is 16.0 Å². The van der Waals surface area contributed by atoms with Crippen molar-refractivity contribution in [2.24, 2.45) is 13.0 Å². The Kier molecular flexibility index (Phi) is 4.64. The molecule has 2 aromatic rings. The molecular weight excluding hydrogens is 274 g/mol. The zero-order valence-corrected chi connectivity index (χ0v) is 14.4. The first kappa shape index (κ1) is 16.2. The van der Waals surface area contributed by atoms with E-state index in [1.165, 1.54) is 11.1 Å². The SMILES string of the molecule is Cc1cc(N)c(N(C)c2cc(NCC(C)C)nn2C)cc1C. The Morgan fingerprint density at radius 1 is 1.23 bits per heavy atom. The molecule has 0 saturated heterocycles. The lowest BCUT2D eigenvalue weighted by Gasteiger charge is -2.22. The fourth-order valence-corrected chi connectivity index (χ4v) is 2.40. The smallest absolute Gasteiger partial charge is 0.150 e. The lowest BCUT2D eigenvalue weighted by molar-refractivity contribution is 0.682. The predicted octanol–water partition coefficient (Wildman–Crippen LogP) is 3.45. The average Bonchev–Trinajstić information content (AvgIpc) is 2.81. The van der Waals surface area contributed by atoms with Crippen LogP contribution in [0.5, 0.6) is 0 Å². The van der Waals surface area contributed by atoms with Crippen LogP contribution in [0.1, 0.15) is 25.0 Å². The van der Waals surface area contributed by atoms with Gasteiger partial charge in [0.15, 0.2) is 0 Å². The van der Waals surface area contributed by atoms with E-state index in [0.717, 1.165) is 29.6 Å². The number of aromatic nitrogens is 2. The van der Waals surface area contributed by atoms with Gasteiger partial charge in [-0.2, -0.15) is 5.10 Å². The van der Waals surface area contributed by atoms with Gasteiger partial charge in [0.2, 0.25) is 0 Å². The first-order valence-corrected chi connectivity index (χ1v) is 7.68. The molecule has 0 aliphatic heterocycles. The van der Waals surface area contributed by atoms with Crippen LogP contribution in [0.15, 0.2) is 18.2 Å². The molecule has 5 heteroatoms. The van der Waals surface area contributed by atoms with E-state index in [0.29, 0.717) is 5.92 Å². The summed E-state index contributed by atoms with van der Waals surface area (Å²) in [6.07, 6.45) is 0. The standard InChI is InChI=1S/C17H27N5/c1-11(2)10-19-16-9-17(22(6)20-16)21(5)15-8-13(4)12(3)7-14(15)18/h7-9,11H,10,18H2,1-6H3,(H,19,20). The molecule has 0 aliphatic carbocycles. The maximum Gasteiger partial charge on any atom is 0.150 e. The number of nitrogens with one attached hydrogen (secondary N) is 1. The zero-order chi connectivity index (χ0) is 16.4. The molecule has 0 radical (unpaired) electrons. The Morgan fingerprint density at radius 3 is 2.50 bits per heavy atom. The summed E-state index contributed by atoms with van der Waals surface area (Å²) >= 11 is 0. The third-order valence-electron chi connectivity index (χ3n) is 3.89. The van der Waals surface area contributed by atoms with Crippen molar-refractivity contribution < 1.29 is 0 Å². The largest absolute Gasteiger partial charge is 0.397 e. The normalized spacial score (nSPS) is 11.0. The fraction of sp³-hybridized carbons (Fsp3) is 0.471. The number of nitrogen functional groups attached to an aromatic ring is 1. The second kappa shape index (κ2) is 6.30. The summed E-state index contributed by atoms with van der Waals surface area (Å²) in [6, 6.07) is 6.20. The van der Waals surface area contributed by atoms with Crippen LogP contribution in [0.25, 0.3) is 0 Å². The summed E-state index contributed by atoms with van der Waals surface area (Å²) in [5.41, 5.74) is 10.4. The lowest BCUT2D eigenvalue weighted by atomic mass is 10.1. The molecule has 5 nitrogen and oxygen atoms in total. The number of hydrogen-bond acceptors (Lipinski definition) is 4. The van der Waals surface area contributed by atoms with Gasteiger partial charge in [0.25, 0.3) is 0 Å². The van der Waals surface area contributed by atoms with Gasteiger partial charge in [-0.25, -0.2) is 0 Å². The van der Waals surface area contributed by atoms with Gasteiger partial charge in [0, 0.05) is 26.7 Å². The van der Waals surface area contributed by atoms with Crippen molar-refractivity contribution in [2.75, 3.05) is 29.5 Å². The van der Waals surface area contributed by atoms with Crippen molar-refractivity contribution in [1.82, 2.24) is 9.78 Å². The molecule has 2 rings (SSSR count). The topological polar surface area (TPSA) is 59.1 Å². The van der Waals surface area contributed by atoms with Crippen LogP contribution < -0.4 is 16.0 Å². The fourth-order valence-electron chi connectivity index (χ4n) is 2.40. The van der Waals surface area contributed by atoms with Crippen LogP contribution in [0.2, 0.25) is 0 Å². The van der Waals surface area contributed by atoms with E-state index in [2.05, 4.69) is 55.1 Å². The van der Waals surface area contributed by atoms with E-state index in [4.69, 9.17) is 5.73 Å². The first-order valence-electron chi connectivity index (χ1n) is 7.68. The van der Waals surface area contributed by atoms with Crippen molar-refractivity contribution in [1.29, 1.82) is 0 Å². The summed E-state index contributed by atoms with van der Waals surface area (Å²) in [5, 5.41) is 7.88. The van der Waals surface area contributed by atoms with Crippen molar-refractivity contribution in [3.8, 4) is 0 Å². The molecule has 120 valence electrons. The van der Waals surface area contributed by atoms with Crippen molar-refractivity contribution in [2.45, 2.75) is 27.7 Å². The highest BCUT2D eigenvalue weighted by molar-refractivity contribution is 5.75. The van der Waals surface area contributed by atoms with Crippen LogP contribution in [0, 0.1) is 19.8 Å². The molecule has 0 saturated carbocycles. The molecule has 0 fully saturated rings. The molecule has 1 aromatic carbocycles. The van der Waals surface area contributed by atoms with Crippen molar-refractivity contribution in [3.63, 3.8) is 0 Å². The summed E-state index contributed by atoms with van der Waals surface area (Å²) in [6.45, 7) is 9.45. The lowest BCUT2D eigenvalue weighted by Crippen LogP contribution is -2.15. The van der Waals surface area contributed by atoms with Crippen LogP contribution in [-0.2, 0) is 7.05 Å². The van der Waals surface area contributed by atoms with E-state index in [1.807, 2.05) is 24.8 Å². The van der Waals surface area contributed by atoms with Crippen LogP contribution in [0.3, 0.4) is 0 Å². The second-order valence-corrected chi connectivity index (χ2v) is 6.34. The molecule has 0 spiro atoms. The van der Waals surface area contributed by atoms with Crippen molar-refractivity contribution >= 4 is 23.0 Å². The number of anilines is 4. The van der Waals surface area contributed by atoms with Crippen LogP contribution >= 0.6 is 0 Å². The number of benzene rings is 1. The predicted molar refractivity (Wildman–Crippen MR) is 94.9 cm³/mol. The highest BCUT2D eigenvalue weighted by atomic mass is 15.4. The Balaban J connectivity index is 2.30. The van der Waals surface area contributed by atoms with E-state index >= 15 is 0 Å². The zero-order valence-electron chi connectivity index (χ0n) is 14.4. The summed E-state index contributed by atoms with van der Waals surface area (Å²) in [5.74, 6) is 2.47. The minimum Gasteiger partial charge on any atom is -0.397 e. The average molecular weight is 301 g/mol. The van der Waals surface area contributed by atoms with Gasteiger partial charge in [-0.15, -0.1) is 0 Å². The van der Waals surface area contributed by atoms with E-state index in [1.54, 1.807) is 0 Å². The van der Waals surface area contributed by atoms with Gasteiger partial charge in [-0.3, -0.25) is 4.68 Å². The molecular formula is C17H27N5. The van der Waals surface area contributed by atoms with Crippen LogP contribution in [-0.4, -0.2) is 23.4 Å². The molecule has 0 amide bonds. The Bertz CT molecular complexity index is 657. The quantitative estimate of drug-likeness (QED) is 0.830. The number of nitrogens with two attached hydrogens (primary N) is 1. The highest BCUT2D eigenvalue weighted by Crippen LogP contribution is 2.32. The first-order chi connectivity index (χ1) is 10.3. The van der Waals surface area contributed by atoms with E-state index < -0.39 is 0 Å². The number of nitrogens with zero attached hydrogens (tertiary/aromatic N) is 3. The maximum absolute atomic E-state index is 6.20. The Hall–Kier alpha value is -2.17. The number of hydrogen-bond donors (Lipinski definition) is 2. The summed E-state index contributed by atoms with van der Waals surface area (Å²) in [4.78, 5) is 2.08. The van der Waals surface area contributed by atoms with Crippen LogP contribution in [0.4, 0.5) is 23.0 Å². The Morgan fingerprint density at radius 2 is 1.86 bits per heavy atom.